The van der Waals surface area contributed by atoms with Crippen LogP contribution in [0.25, 0.3) is 11.4 Å². The Morgan fingerprint density at radius 3 is 2.79 bits per heavy atom. The molecule has 0 radical (unpaired) electrons. The van der Waals surface area contributed by atoms with Crippen molar-refractivity contribution in [2.45, 2.75) is 13.5 Å². The number of nitrogens with one attached hydrogen (secondary N) is 1. The summed E-state index contributed by atoms with van der Waals surface area (Å²) in [6.07, 6.45) is 1.41. The second-order valence-corrected chi connectivity index (χ2v) is 7.08. The molecule has 3 heterocycles. The largest absolute Gasteiger partial charge is 0.459 e. The molecule has 1 N–H and O–H groups in total. The third-order valence-electron chi connectivity index (χ3n) is 3.97. The lowest BCUT2D eigenvalue weighted by Gasteiger charge is -2.00. The van der Waals surface area contributed by atoms with Crippen LogP contribution < -0.4 is 5.32 Å². The lowest BCUT2D eigenvalue weighted by molar-refractivity contribution is 0.0435. The third-order valence-corrected chi connectivity index (χ3v) is 4.95. The minimum atomic E-state index is -0.552. The Kier molecular flexibility index (Phi) is 5.21. The van der Waals surface area contributed by atoms with Crippen LogP contribution in [0.4, 0.5) is 5.00 Å². The van der Waals surface area contributed by atoms with Crippen LogP contribution in [0.3, 0.4) is 0 Å². The quantitative estimate of drug-likeness (QED) is 0.473. The number of aryl methyl sites for hydroxylation is 1. The average Bonchev–Trinajstić information content (AvgIpc) is 3.47. The lowest BCUT2D eigenvalue weighted by Crippen LogP contribution is -2.09. The molecular weight excluding hydrogens is 394 g/mol. The Balaban J connectivity index is 1.35. The minimum Gasteiger partial charge on any atom is -0.459 e. The zero-order valence-corrected chi connectivity index (χ0v) is 16.1. The number of ether oxygens (including phenoxy) is 1. The van der Waals surface area contributed by atoms with Gasteiger partial charge in [-0.15, -0.1) is 11.3 Å². The normalized spacial score (nSPS) is 10.7. The fourth-order valence-electron chi connectivity index (χ4n) is 2.54. The zero-order valence-electron chi connectivity index (χ0n) is 15.2. The standard InChI is InChI=1S/C20H15N3O5S/c1-12-5-2-3-6-13(12)18-21-16(28-23-18)11-27-20(25)15-8-9-17(29-15)22-19(24)14-7-4-10-26-14/h2-10H,11H2,1H3,(H,22,24). The van der Waals surface area contributed by atoms with Crippen molar-refractivity contribution in [2.75, 3.05) is 5.32 Å². The average molecular weight is 409 g/mol. The Labute approximate surface area is 169 Å². The Hall–Kier alpha value is -3.72. The van der Waals surface area contributed by atoms with E-state index < -0.39 is 11.9 Å². The van der Waals surface area contributed by atoms with E-state index in [1.54, 1.807) is 24.3 Å². The molecule has 3 aromatic heterocycles. The zero-order chi connectivity index (χ0) is 20.2. The van der Waals surface area contributed by atoms with Gasteiger partial charge in [-0.2, -0.15) is 4.98 Å². The van der Waals surface area contributed by atoms with E-state index in [-0.39, 0.29) is 18.3 Å². The van der Waals surface area contributed by atoms with Gasteiger partial charge in [-0.3, -0.25) is 4.79 Å². The lowest BCUT2D eigenvalue weighted by atomic mass is 10.1. The SMILES string of the molecule is Cc1ccccc1-c1noc(COC(=O)c2ccc(NC(=O)c3ccco3)s2)n1. The predicted octanol–water partition coefficient (Wildman–Crippen LogP) is 4.31. The number of aromatic nitrogens is 2. The van der Waals surface area contributed by atoms with Crippen molar-refractivity contribution in [3.05, 3.63) is 76.9 Å². The summed E-state index contributed by atoms with van der Waals surface area (Å²) < 4.78 is 15.4. The smallest absolute Gasteiger partial charge is 0.348 e. The number of nitrogens with zero attached hydrogens (tertiary/aromatic N) is 2. The molecule has 0 saturated carbocycles. The van der Waals surface area contributed by atoms with E-state index in [9.17, 15) is 9.59 Å². The van der Waals surface area contributed by atoms with Crippen LogP contribution in [0, 0.1) is 6.92 Å². The van der Waals surface area contributed by atoms with Crippen molar-refractivity contribution in [2.24, 2.45) is 0 Å². The highest BCUT2D eigenvalue weighted by Crippen LogP contribution is 2.24. The van der Waals surface area contributed by atoms with Gasteiger partial charge in [0.1, 0.15) is 4.88 Å². The van der Waals surface area contributed by atoms with Gasteiger partial charge in [0.15, 0.2) is 12.4 Å². The number of anilines is 1. The molecule has 8 nitrogen and oxygen atoms in total. The Bertz CT molecular complexity index is 1150. The van der Waals surface area contributed by atoms with E-state index >= 15 is 0 Å². The fourth-order valence-corrected chi connectivity index (χ4v) is 3.34. The summed E-state index contributed by atoms with van der Waals surface area (Å²) in [5.41, 5.74) is 1.86. The van der Waals surface area contributed by atoms with Crippen LogP contribution in [0.1, 0.15) is 31.7 Å². The molecule has 0 atom stereocenters. The highest BCUT2D eigenvalue weighted by Gasteiger charge is 2.16. The molecule has 0 saturated heterocycles. The highest BCUT2D eigenvalue weighted by molar-refractivity contribution is 7.18. The molecule has 29 heavy (non-hydrogen) atoms. The molecule has 0 bridgehead atoms. The van der Waals surface area contributed by atoms with Crippen LogP contribution >= 0.6 is 11.3 Å². The minimum absolute atomic E-state index is 0.149. The molecule has 0 fully saturated rings. The van der Waals surface area contributed by atoms with Gasteiger partial charge >= 0.3 is 5.97 Å². The molecule has 1 aromatic carbocycles. The number of hydrogen-bond acceptors (Lipinski definition) is 8. The molecule has 0 aliphatic rings. The van der Waals surface area contributed by atoms with Gasteiger partial charge in [-0.05, 0) is 36.8 Å². The number of benzene rings is 1. The van der Waals surface area contributed by atoms with Crippen molar-refractivity contribution >= 4 is 28.2 Å². The monoisotopic (exact) mass is 409 g/mol. The second kappa shape index (κ2) is 8.11. The molecule has 0 aliphatic heterocycles. The van der Waals surface area contributed by atoms with E-state index in [2.05, 4.69) is 15.5 Å². The van der Waals surface area contributed by atoms with Crippen molar-refractivity contribution in [1.29, 1.82) is 0 Å². The van der Waals surface area contributed by atoms with Gasteiger partial charge in [-0.25, -0.2) is 4.79 Å². The third kappa shape index (κ3) is 4.25. The van der Waals surface area contributed by atoms with Crippen molar-refractivity contribution in [3.63, 3.8) is 0 Å². The number of furan rings is 1. The molecule has 146 valence electrons. The number of amides is 1. The summed E-state index contributed by atoms with van der Waals surface area (Å²) in [7, 11) is 0. The van der Waals surface area contributed by atoms with Crippen LogP contribution in [-0.2, 0) is 11.3 Å². The first-order valence-electron chi connectivity index (χ1n) is 8.60. The van der Waals surface area contributed by atoms with E-state index in [1.807, 2.05) is 31.2 Å². The summed E-state index contributed by atoms with van der Waals surface area (Å²) in [6.45, 7) is 1.80. The molecule has 0 spiro atoms. The van der Waals surface area contributed by atoms with Crippen molar-refractivity contribution in [1.82, 2.24) is 10.1 Å². The fraction of sp³-hybridized carbons (Fsp3) is 0.100. The van der Waals surface area contributed by atoms with E-state index in [0.29, 0.717) is 15.7 Å². The van der Waals surface area contributed by atoms with E-state index in [4.69, 9.17) is 13.7 Å². The maximum Gasteiger partial charge on any atom is 0.348 e. The molecule has 0 unspecified atom stereocenters. The first-order chi connectivity index (χ1) is 14.1. The van der Waals surface area contributed by atoms with Crippen LogP contribution in [0.15, 0.2) is 63.7 Å². The van der Waals surface area contributed by atoms with E-state index in [1.165, 1.54) is 6.26 Å². The first kappa shape index (κ1) is 18.6. The molecule has 1 amide bonds. The summed E-state index contributed by atoms with van der Waals surface area (Å²) in [4.78, 5) is 28.8. The van der Waals surface area contributed by atoms with Crippen LogP contribution in [-0.4, -0.2) is 22.0 Å². The topological polar surface area (TPSA) is 107 Å². The first-order valence-corrected chi connectivity index (χ1v) is 9.42. The maximum atomic E-state index is 12.2. The number of rotatable bonds is 6. The number of carbonyl (C=O) groups excluding carboxylic acids is 2. The maximum absolute atomic E-state index is 12.2. The van der Waals surface area contributed by atoms with Crippen molar-refractivity contribution in [3.8, 4) is 11.4 Å². The number of thiophene rings is 1. The Morgan fingerprint density at radius 2 is 2.00 bits per heavy atom. The summed E-state index contributed by atoms with van der Waals surface area (Å²) >= 11 is 1.09. The summed E-state index contributed by atoms with van der Waals surface area (Å²) in [6, 6.07) is 14.0. The molecule has 0 aliphatic carbocycles. The number of carbonyl (C=O) groups is 2. The van der Waals surface area contributed by atoms with Gasteiger partial charge in [-0.1, -0.05) is 29.4 Å². The molecule has 4 aromatic rings. The summed E-state index contributed by atoms with van der Waals surface area (Å²) in [5.74, 6) is -0.133. The van der Waals surface area contributed by atoms with Crippen LogP contribution in [0.5, 0.6) is 0 Å². The van der Waals surface area contributed by atoms with Crippen LogP contribution in [0.2, 0.25) is 0 Å². The van der Waals surface area contributed by atoms with Gasteiger partial charge in [0, 0.05) is 5.56 Å². The predicted molar refractivity (Wildman–Crippen MR) is 105 cm³/mol. The number of hydrogen-bond donors (Lipinski definition) is 1. The van der Waals surface area contributed by atoms with Gasteiger partial charge < -0.3 is 19.0 Å². The highest BCUT2D eigenvalue weighted by atomic mass is 32.1. The molecule has 9 heteroatoms. The summed E-state index contributed by atoms with van der Waals surface area (Å²) in [5, 5.41) is 7.08. The van der Waals surface area contributed by atoms with Gasteiger partial charge in [0.05, 0.1) is 11.3 Å². The van der Waals surface area contributed by atoms with Gasteiger partial charge in [0.2, 0.25) is 5.82 Å². The molecular formula is C20H15N3O5S. The number of esters is 1. The molecule has 4 rings (SSSR count). The Morgan fingerprint density at radius 1 is 1.14 bits per heavy atom. The van der Waals surface area contributed by atoms with Crippen molar-refractivity contribution < 1.29 is 23.3 Å². The van der Waals surface area contributed by atoms with E-state index in [0.717, 1.165) is 22.5 Å². The second-order valence-electron chi connectivity index (χ2n) is 6.00. The van der Waals surface area contributed by atoms with Gasteiger partial charge in [0.25, 0.3) is 11.8 Å².